The number of likely N-dealkylation sites (N-methyl/N-ethyl adjacent to an activating group) is 1. The number of fused-ring (bicyclic) bond motifs is 1. The normalized spacial score (nSPS) is 17.4. The third kappa shape index (κ3) is 2.92. The van der Waals surface area contributed by atoms with Gasteiger partial charge in [-0.05, 0) is 18.9 Å². The average Bonchev–Trinajstić information content (AvgIpc) is 3.12. The van der Waals surface area contributed by atoms with Crippen LogP contribution in [0.1, 0.15) is 12.8 Å². The zero-order valence-corrected chi connectivity index (χ0v) is 14.4. The molecule has 3 aromatic rings. The second-order valence-electron chi connectivity index (χ2n) is 6.34. The highest BCUT2D eigenvalue weighted by Gasteiger charge is 2.27. The molecule has 1 atom stereocenters. The van der Waals surface area contributed by atoms with Crippen molar-refractivity contribution in [2.45, 2.75) is 18.9 Å². The van der Waals surface area contributed by atoms with Gasteiger partial charge in [-0.2, -0.15) is 5.10 Å². The molecule has 0 aliphatic carbocycles. The van der Waals surface area contributed by atoms with Gasteiger partial charge in [0, 0.05) is 44.8 Å². The maximum Gasteiger partial charge on any atom is 0.407 e. The van der Waals surface area contributed by atoms with E-state index in [0.717, 1.165) is 29.7 Å². The lowest BCUT2D eigenvalue weighted by Crippen LogP contribution is -2.48. The number of hydrogen-bond donors (Lipinski definition) is 1. The quantitative estimate of drug-likeness (QED) is 0.766. The van der Waals surface area contributed by atoms with Gasteiger partial charge in [-0.25, -0.2) is 19.3 Å². The molecule has 0 radical (unpaired) electrons. The van der Waals surface area contributed by atoms with Crippen LogP contribution in [0.2, 0.25) is 0 Å². The van der Waals surface area contributed by atoms with E-state index in [1.165, 1.54) is 4.90 Å². The van der Waals surface area contributed by atoms with Gasteiger partial charge < -0.3 is 14.9 Å². The first-order valence-corrected chi connectivity index (χ1v) is 8.45. The molecular weight excluding hydrogens is 334 g/mol. The Hall–Kier alpha value is -3.23. The molecule has 134 valence electrons. The van der Waals surface area contributed by atoms with Crippen LogP contribution in [0.15, 0.2) is 37.1 Å². The van der Waals surface area contributed by atoms with E-state index in [1.807, 2.05) is 18.0 Å². The van der Waals surface area contributed by atoms with Gasteiger partial charge in [0.1, 0.15) is 5.82 Å². The van der Waals surface area contributed by atoms with Crippen LogP contribution in [-0.4, -0.2) is 66.8 Å². The van der Waals surface area contributed by atoms with Crippen LogP contribution in [0.3, 0.4) is 0 Å². The summed E-state index contributed by atoms with van der Waals surface area (Å²) in [7, 11) is 1.94. The molecule has 0 spiro atoms. The van der Waals surface area contributed by atoms with Crippen molar-refractivity contribution in [3.05, 3.63) is 37.1 Å². The van der Waals surface area contributed by atoms with E-state index in [2.05, 4.69) is 20.1 Å². The lowest BCUT2D eigenvalue weighted by molar-refractivity contribution is 0.130. The predicted octanol–water partition coefficient (Wildman–Crippen LogP) is 1.76. The van der Waals surface area contributed by atoms with Crippen molar-refractivity contribution in [3.63, 3.8) is 0 Å². The van der Waals surface area contributed by atoms with E-state index >= 15 is 0 Å². The number of amides is 1. The highest BCUT2D eigenvalue weighted by Crippen LogP contribution is 2.24. The Balaban J connectivity index is 1.62. The van der Waals surface area contributed by atoms with E-state index in [1.54, 1.807) is 35.5 Å². The molecule has 1 aliphatic heterocycles. The molecule has 1 saturated heterocycles. The van der Waals surface area contributed by atoms with Crippen molar-refractivity contribution in [2.75, 3.05) is 25.0 Å². The predicted molar refractivity (Wildman–Crippen MR) is 95.0 cm³/mol. The van der Waals surface area contributed by atoms with Crippen molar-refractivity contribution < 1.29 is 9.90 Å². The highest BCUT2D eigenvalue weighted by atomic mass is 16.4. The molecule has 4 rings (SSSR count). The van der Waals surface area contributed by atoms with E-state index in [0.29, 0.717) is 18.9 Å². The van der Waals surface area contributed by atoms with Crippen LogP contribution in [0.25, 0.3) is 16.9 Å². The van der Waals surface area contributed by atoms with Crippen LogP contribution in [0.4, 0.5) is 10.6 Å². The van der Waals surface area contributed by atoms with Gasteiger partial charge in [-0.3, -0.25) is 4.98 Å². The van der Waals surface area contributed by atoms with Crippen LogP contribution in [0.5, 0.6) is 0 Å². The molecule has 0 saturated carbocycles. The fraction of sp³-hybridized carbons (Fsp3) is 0.353. The Labute approximate surface area is 149 Å². The van der Waals surface area contributed by atoms with Crippen molar-refractivity contribution >= 4 is 17.4 Å². The van der Waals surface area contributed by atoms with Gasteiger partial charge in [0.25, 0.3) is 0 Å². The maximum atomic E-state index is 11.3. The third-order valence-corrected chi connectivity index (χ3v) is 4.78. The summed E-state index contributed by atoms with van der Waals surface area (Å²) in [4.78, 5) is 28.0. The molecule has 0 aromatic carbocycles. The molecule has 0 unspecified atom stereocenters. The number of hydrogen-bond acceptors (Lipinski definition) is 6. The SMILES string of the molecule is CN(c1ccnc(-c2cnn3ccncc23)n1)[C@@H]1CCCN(C(=O)O)C1. The third-order valence-electron chi connectivity index (χ3n) is 4.78. The standard InChI is InChI=1S/C17H19N7O2/c1-22(12-3-2-7-23(11-12)17(25)26)15-4-5-19-16(21-15)13-9-20-24-8-6-18-10-14(13)24/h4-6,8-10,12H,2-3,7,11H2,1H3,(H,25,26)/t12-/m1/s1. The number of rotatable bonds is 3. The van der Waals surface area contributed by atoms with Gasteiger partial charge in [0.15, 0.2) is 5.82 Å². The summed E-state index contributed by atoms with van der Waals surface area (Å²) in [5.74, 6) is 1.33. The van der Waals surface area contributed by atoms with E-state index in [9.17, 15) is 9.90 Å². The lowest BCUT2D eigenvalue weighted by atomic mass is 10.0. The molecule has 1 amide bonds. The van der Waals surface area contributed by atoms with Crippen molar-refractivity contribution in [3.8, 4) is 11.4 Å². The molecule has 1 aliphatic rings. The minimum atomic E-state index is -0.870. The molecule has 9 heteroatoms. The number of carboxylic acid groups (broad SMARTS) is 1. The number of anilines is 1. The summed E-state index contributed by atoms with van der Waals surface area (Å²) in [6.07, 6.45) is 9.52. The second-order valence-corrected chi connectivity index (χ2v) is 6.34. The molecule has 0 bridgehead atoms. The van der Waals surface area contributed by atoms with E-state index < -0.39 is 6.09 Å². The van der Waals surface area contributed by atoms with Gasteiger partial charge >= 0.3 is 6.09 Å². The summed E-state index contributed by atoms with van der Waals surface area (Å²) in [5.41, 5.74) is 1.64. The summed E-state index contributed by atoms with van der Waals surface area (Å²) < 4.78 is 1.73. The van der Waals surface area contributed by atoms with Gasteiger partial charge in [-0.1, -0.05) is 0 Å². The second kappa shape index (κ2) is 6.58. The summed E-state index contributed by atoms with van der Waals surface area (Å²) in [6, 6.07) is 1.93. The van der Waals surface area contributed by atoms with E-state index in [4.69, 9.17) is 0 Å². The molecule has 9 nitrogen and oxygen atoms in total. The van der Waals surface area contributed by atoms with Crippen molar-refractivity contribution in [1.29, 1.82) is 0 Å². The van der Waals surface area contributed by atoms with Crippen LogP contribution in [0, 0.1) is 0 Å². The minimum Gasteiger partial charge on any atom is -0.465 e. The molecule has 1 N–H and O–H groups in total. The van der Waals surface area contributed by atoms with Gasteiger partial charge in [0.05, 0.1) is 23.5 Å². The number of aromatic nitrogens is 5. The fourth-order valence-corrected chi connectivity index (χ4v) is 3.31. The first-order chi connectivity index (χ1) is 12.6. The Morgan fingerprint density at radius 1 is 1.35 bits per heavy atom. The maximum absolute atomic E-state index is 11.3. The van der Waals surface area contributed by atoms with Crippen molar-refractivity contribution in [1.82, 2.24) is 29.5 Å². The van der Waals surface area contributed by atoms with Crippen LogP contribution >= 0.6 is 0 Å². The monoisotopic (exact) mass is 353 g/mol. The zero-order chi connectivity index (χ0) is 18.1. The number of carbonyl (C=O) groups is 1. The highest BCUT2D eigenvalue weighted by molar-refractivity contribution is 5.75. The Morgan fingerprint density at radius 3 is 3.08 bits per heavy atom. The first kappa shape index (κ1) is 16.2. The summed E-state index contributed by atoms with van der Waals surface area (Å²) in [5, 5.41) is 13.5. The topological polar surface area (TPSA) is 99.8 Å². The zero-order valence-electron chi connectivity index (χ0n) is 14.4. The average molecular weight is 353 g/mol. The fourth-order valence-electron chi connectivity index (χ4n) is 3.31. The molecule has 3 aromatic heterocycles. The lowest BCUT2D eigenvalue weighted by Gasteiger charge is -2.36. The number of likely N-dealkylation sites (tertiary alicyclic amines) is 1. The Morgan fingerprint density at radius 2 is 2.23 bits per heavy atom. The summed E-state index contributed by atoms with van der Waals surface area (Å²) in [6.45, 7) is 1.07. The Kier molecular flexibility index (Phi) is 4.11. The minimum absolute atomic E-state index is 0.0909. The van der Waals surface area contributed by atoms with Crippen LogP contribution < -0.4 is 4.90 Å². The molecule has 26 heavy (non-hydrogen) atoms. The molecule has 1 fully saturated rings. The molecule has 4 heterocycles. The smallest absolute Gasteiger partial charge is 0.407 e. The van der Waals surface area contributed by atoms with Gasteiger partial charge in [0.2, 0.25) is 0 Å². The number of nitrogens with zero attached hydrogens (tertiary/aromatic N) is 7. The Bertz CT molecular complexity index is 942. The molecular formula is C17H19N7O2. The summed E-state index contributed by atoms with van der Waals surface area (Å²) >= 11 is 0. The van der Waals surface area contributed by atoms with Gasteiger partial charge in [-0.15, -0.1) is 0 Å². The van der Waals surface area contributed by atoms with Crippen LogP contribution in [-0.2, 0) is 0 Å². The largest absolute Gasteiger partial charge is 0.465 e. The first-order valence-electron chi connectivity index (χ1n) is 8.45. The van der Waals surface area contributed by atoms with E-state index in [-0.39, 0.29) is 6.04 Å². The number of piperidine rings is 1. The van der Waals surface area contributed by atoms with Crippen molar-refractivity contribution in [2.24, 2.45) is 0 Å².